The third-order valence-corrected chi connectivity index (χ3v) is 2.33. The summed E-state index contributed by atoms with van der Waals surface area (Å²) in [6, 6.07) is 7.23. The first-order chi connectivity index (χ1) is 7.99. The second-order valence-electron chi connectivity index (χ2n) is 4.23. The van der Waals surface area contributed by atoms with Gasteiger partial charge in [-0.15, -0.1) is 0 Å². The maximum atomic E-state index is 11.6. The van der Waals surface area contributed by atoms with Crippen molar-refractivity contribution in [3.63, 3.8) is 0 Å². The van der Waals surface area contributed by atoms with Crippen LogP contribution < -0.4 is 24.0 Å². The third-order valence-electron chi connectivity index (χ3n) is 2.33. The Hall–Kier alpha value is -1.08. The van der Waals surface area contributed by atoms with Crippen molar-refractivity contribution in [2.24, 2.45) is 0 Å². The van der Waals surface area contributed by atoms with Gasteiger partial charge in [0.15, 0.2) is 5.78 Å². The molecule has 0 N–H and O–H groups in total. The number of benzene rings is 1. The SMILES string of the molecule is CN(C)Cc1ccc(C(=O)CCC(=O)[O-])cc1.[Li+]. The molecule has 4 nitrogen and oxygen atoms in total. The van der Waals surface area contributed by atoms with Crippen molar-refractivity contribution in [1.82, 2.24) is 4.90 Å². The molecular formula is C13H16LiNO3. The van der Waals surface area contributed by atoms with E-state index in [1.54, 1.807) is 12.1 Å². The largest absolute Gasteiger partial charge is 1.00 e. The summed E-state index contributed by atoms with van der Waals surface area (Å²) in [6.07, 6.45) is -0.229. The van der Waals surface area contributed by atoms with Gasteiger partial charge < -0.3 is 14.8 Å². The quantitative estimate of drug-likeness (QED) is 0.407. The van der Waals surface area contributed by atoms with Gasteiger partial charge in [0, 0.05) is 24.5 Å². The number of hydrogen-bond acceptors (Lipinski definition) is 4. The second kappa shape index (κ2) is 8.10. The predicted octanol–water partition coefficient (Wildman–Crippen LogP) is -2.53. The molecule has 0 atom stereocenters. The summed E-state index contributed by atoms with van der Waals surface area (Å²) in [5.41, 5.74) is 1.67. The van der Waals surface area contributed by atoms with Crippen molar-refractivity contribution in [2.45, 2.75) is 19.4 Å². The van der Waals surface area contributed by atoms with Gasteiger partial charge in [-0.25, -0.2) is 0 Å². The summed E-state index contributed by atoms with van der Waals surface area (Å²) in [7, 11) is 3.94. The number of carbonyl (C=O) groups excluding carboxylic acids is 2. The first-order valence-electron chi connectivity index (χ1n) is 5.46. The molecule has 5 heteroatoms. The number of aliphatic carboxylic acids is 1. The molecule has 0 saturated carbocycles. The fraction of sp³-hybridized carbons (Fsp3) is 0.385. The van der Waals surface area contributed by atoms with E-state index in [0.29, 0.717) is 5.56 Å². The van der Waals surface area contributed by atoms with E-state index in [0.717, 1.165) is 12.1 Å². The molecule has 0 aliphatic heterocycles. The average molecular weight is 241 g/mol. The Bertz CT molecular complexity index is 401. The number of carboxylic acids is 1. The summed E-state index contributed by atoms with van der Waals surface area (Å²) in [5.74, 6) is -1.35. The van der Waals surface area contributed by atoms with Crippen molar-refractivity contribution in [3.8, 4) is 0 Å². The van der Waals surface area contributed by atoms with E-state index in [9.17, 15) is 14.7 Å². The molecule has 0 aliphatic rings. The van der Waals surface area contributed by atoms with E-state index < -0.39 is 5.97 Å². The molecule has 0 bridgehead atoms. The number of hydrogen-bond donors (Lipinski definition) is 0. The molecule has 0 aliphatic carbocycles. The first kappa shape index (κ1) is 16.9. The van der Waals surface area contributed by atoms with Crippen LogP contribution in [0.2, 0.25) is 0 Å². The first-order valence-corrected chi connectivity index (χ1v) is 5.46. The molecule has 18 heavy (non-hydrogen) atoms. The Balaban J connectivity index is 0.00000289. The van der Waals surface area contributed by atoms with E-state index in [1.165, 1.54) is 0 Å². The van der Waals surface area contributed by atoms with E-state index in [-0.39, 0.29) is 37.5 Å². The zero-order valence-electron chi connectivity index (χ0n) is 11.1. The number of Topliss-reactive ketones (excluding diaryl/α,β-unsaturated/α-hetero) is 1. The van der Waals surface area contributed by atoms with Crippen LogP contribution in [0.15, 0.2) is 24.3 Å². The predicted molar refractivity (Wildman–Crippen MR) is 62.4 cm³/mol. The molecule has 0 aromatic heterocycles. The summed E-state index contributed by atoms with van der Waals surface area (Å²) < 4.78 is 0. The van der Waals surface area contributed by atoms with Gasteiger partial charge in [0.25, 0.3) is 0 Å². The van der Waals surface area contributed by atoms with Crippen LogP contribution in [0.1, 0.15) is 28.8 Å². The molecule has 0 radical (unpaired) electrons. The summed E-state index contributed by atoms with van der Waals surface area (Å²) in [4.78, 5) is 23.9. The molecule has 0 unspecified atom stereocenters. The van der Waals surface area contributed by atoms with Gasteiger partial charge >= 0.3 is 18.9 Å². The smallest absolute Gasteiger partial charge is 0.550 e. The summed E-state index contributed by atoms with van der Waals surface area (Å²) >= 11 is 0. The van der Waals surface area contributed by atoms with Crippen LogP contribution in [-0.4, -0.2) is 30.7 Å². The summed E-state index contributed by atoms with van der Waals surface area (Å²) in [5, 5.41) is 10.2. The van der Waals surface area contributed by atoms with E-state index >= 15 is 0 Å². The van der Waals surface area contributed by atoms with E-state index in [1.807, 2.05) is 31.1 Å². The van der Waals surface area contributed by atoms with Gasteiger partial charge in [-0.05, 0) is 26.1 Å². The molecule has 92 valence electrons. The fourth-order valence-corrected chi connectivity index (χ4v) is 1.52. The molecule has 1 rings (SSSR count). The molecule has 0 saturated heterocycles. The van der Waals surface area contributed by atoms with Crippen LogP contribution in [0.25, 0.3) is 0 Å². The standard InChI is InChI=1S/C13H17NO3.Li/c1-14(2)9-10-3-5-11(6-4-10)12(15)7-8-13(16)17;/h3-6H,7-9H2,1-2H3,(H,16,17);/q;+1/p-1. The minimum absolute atomic E-state index is 0. The Morgan fingerprint density at radius 3 is 2.11 bits per heavy atom. The van der Waals surface area contributed by atoms with Crippen LogP contribution in [0.3, 0.4) is 0 Å². The molecular weight excluding hydrogens is 225 g/mol. The van der Waals surface area contributed by atoms with E-state index in [2.05, 4.69) is 0 Å². The van der Waals surface area contributed by atoms with Crippen molar-refractivity contribution in [2.75, 3.05) is 14.1 Å². The van der Waals surface area contributed by atoms with Crippen LogP contribution in [-0.2, 0) is 11.3 Å². The topological polar surface area (TPSA) is 60.4 Å². The summed E-state index contributed by atoms with van der Waals surface area (Å²) in [6.45, 7) is 0.813. The van der Waals surface area contributed by atoms with Crippen LogP contribution in [0.4, 0.5) is 0 Å². The molecule has 0 amide bonds. The van der Waals surface area contributed by atoms with Gasteiger partial charge in [-0.2, -0.15) is 0 Å². The van der Waals surface area contributed by atoms with E-state index in [4.69, 9.17) is 0 Å². The Morgan fingerprint density at radius 2 is 1.67 bits per heavy atom. The zero-order chi connectivity index (χ0) is 12.8. The molecule has 1 aromatic carbocycles. The van der Waals surface area contributed by atoms with Crippen molar-refractivity contribution >= 4 is 11.8 Å². The fourth-order valence-electron chi connectivity index (χ4n) is 1.52. The maximum Gasteiger partial charge on any atom is 1.00 e. The van der Waals surface area contributed by atoms with Crippen LogP contribution >= 0.6 is 0 Å². The van der Waals surface area contributed by atoms with Crippen molar-refractivity contribution in [3.05, 3.63) is 35.4 Å². The Morgan fingerprint density at radius 1 is 1.11 bits per heavy atom. The van der Waals surface area contributed by atoms with Gasteiger partial charge in [0.1, 0.15) is 0 Å². The molecule has 0 spiro atoms. The van der Waals surface area contributed by atoms with Crippen molar-refractivity contribution < 1.29 is 33.6 Å². The van der Waals surface area contributed by atoms with Crippen LogP contribution in [0.5, 0.6) is 0 Å². The van der Waals surface area contributed by atoms with Gasteiger partial charge in [0.05, 0.1) is 0 Å². The maximum absolute atomic E-state index is 11.6. The Kier molecular flexibility index (Phi) is 7.61. The third kappa shape index (κ3) is 6.01. The van der Waals surface area contributed by atoms with Gasteiger partial charge in [-0.1, -0.05) is 24.3 Å². The minimum atomic E-state index is -1.19. The number of rotatable bonds is 6. The number of nitrogens with zero attached hydrogens (tertiary/aromatic N) is 1. The zero-order valence-corrected chi connectivity index (χ0v) is 11.1. The number of ketones is 1. The minimum Gasteiger partial charge on any atom is -0.550 e. The monoisotopic (exact) mass is 241 g/mol. The molecule has 0 heterocycles. The van der Waals surface area contributed by atoms with Gasteiger partial charge in [-0.3, -0.25) is 4.79 Å². The molecule has 0 fully saturated rings. The molecule has 1 aromatic rings. The normalized spacial score (nSPS) is 9.94. The van der Waals surface area contributed by atoms with Crippen LogP contribution in [0, 0.1) is 0 Å². The van der Waals surface area contributed by atoms with Crippen molar-refractivity contribution in [1.29, 1.82) is 0 Å². The Labute approximate surface area is 119 Å². The average Bonchev–Trinajstić information content (AvgIpc) is 2.26. The second-order valence-corrected chi connectivity index (χ2v) is 4.23. The number of carbonyl (C=O) groups is 2. The number of carboxylic acid groups (broad SMARTS) is 1. The van der Waals surface area contributed by atoms with Gasteiger partial charge in [0.2, 0.25) is 0 Å².